The van der Waals surface area contributed by atoms with E-state index in [-0.39, 0.29) is 0 Å². The maximum Gasteiger partial charge on any atom is 0.174 e. The standard InChI is InChI=1S/C9H9IO2/c10-7-3-1-4-8-9(7)12-6-2-5-11-8/h1,3-4H,2,5-6H2. The molecule has 2 rings (SSSR count). The van der Waals surface area contributed by atoms with Crippen LogP contribution >= 0.6 is 22.6 Å². The van der Waals surface area contributed by atoms with E-state index in [0.717, 1.165) is 34.7 Å². The number of hydrogen-bond acceptors (Lipinski definition) is 2. The van der Waals surface area contributed by atoms with Crippen molar-refractivity contribution >= 4 is 22.6 Å². The summed E-state index contributed by atoms with van der Waals surface area (Å²) in [5.74, 6) is 1.77. The molecule has 0 radical (unpaired) electrons. The highest BCUT2D eigenvalue weighted by molar-refractivity contribution is 14.1. The molecular formula is C9H9IO2. The number of halogens is 1. The third kappa shape index (κ3) is 1.50. The zero-order chi connectivity index (χ0) is 8.39. The Morgan fingerprint density at radius 2 is 2.00 bits per heavy atom. The van der Waals surface area contributed by atoms with Gasteiger partial charge in [-0.3, -0.25) is 0 Å². The van der Waals surface area contributed by atoms with Crippen molar-refractivity contribution in [2.45, 2.75) is 6.42 Å². The van der Waals surface area contributed by atoms with Gasteiger partial charge in [-0.2, -0.15) is 0 Å². The van der Waals surface area contributed by atoms with Crippen LogP contribution in [0.1, 0.15) is 6.42 Å². The summed E-state index contributed by atoms with van der Waals surface area (Å²) in [5, 5.41) is 0. The van der Waals surface area contributed by atoms with Gasteiger partial charge in [0.25, 0.3) is 0 Å². The van der Waals surface area contributed by atoms with Gasteiger partial charge in [0.15, 0.2) is 11.5 Å². The van der Waals surface area contributed by atoms with Gasteiger partial charge in [-0.25, -0.2) is 0 Å². The predicted molar refractivity (Wildman–Crippen MR) is 54.8 cm³/mol. The van der Waals surface area contributed by atoms with Crippen LogP contribution in [0.2, 0.25) is 0 Å². The zero-order valence-corrected chi connectivity index (χ0v) is 8.71. The summed E-state index contributed by atoms with van der Waals surface area (Å²) in [6, 6.07) is 5.95. The molecule has 1 aliphatic rings. The van der Waals surface area contributed by atoms with Gasteiger partial charge in [-0.05, 0) is 34.7 Å². The molecule has 64 valence electrons. The van der Waals surface area contributed by atoms with Crippen LogP contribution in [-0.4, -0.2) is 13.2 Å². The number of benzene rings is 1. The van der Waals surface area contributed by atoms with Crippen molar-refractivity contribution < 1.29 is 9.47 Å². The van der Waals surface area contributed by atoms with Gasteiger partial charge >= 0.3 is 0 Å². The fraction of sp³-hybridized carbons (Fsp3) is 0.333. The van der Waals surface area contributed by atoms with Gasteiger partial charge in [0.05, 0.1) is 16.8 Å². The molecule has 0 spiro atoms. The quantitative estimate of drug-likeness (QED) is 0.678. The first-order chi connectivity index (χ1) is 5.88. The highest BCUT2D eigenvalue weighted by Crippen LogP contribution is 2.33. The van der Waals surface area contributed by atoms with Gasteiger partial charge in [-0.1, -0.05) is 6.07 Å². The van der Waals surface area contributed by atoms with Gasteiger partial charge in [-0.15, -0.1) is 0 Å². The molecule has 0 bridgehead atoms. The smallest absolute Gasteiger partial charge is 0.174 e. The van der Waals surface area contributed by atoms with E-state index in [1.54, 1.807) is 0 Å². The first-order valence-corrected chi connectivity index (χ1v) is 5.00. The van der Waals surface area contributed by atoms with Crippen LogP contribution in [0.15, 0.2) is 18.2 Å². The Hall–Kier alpha value is -0.450. The molecule has 2 nitrogen and oxygen atoms in total. The first-order valence-electron chi connectivity index (χ1n) is 3.92. The van der Waals surface area contributed by atoms with Crippen molar-refractivity contribution in [1.82, 2.24) is 0 Å². The second kappa shape index (κ2) is 3.51. The second-order valence-electron chi connectivity index (χ2n) is 2.62. The molecule has 0 N–H and O–H groups in total. The average Bonchev–Trinajstić information content (AvgIpc) is 2.30. The maximum absolute atomic E-state index is 5.55. The molecule has 0 atom stereocenters. The van der Waals surface area contributed by atoms with Crippen LogP contribution < -0.4 is 9.47 Å². The van der Waals surface area contributed by atoms with Crippen LogP contribution in [-0.2, 0) is 0 Å². The summed E-state index contributed by atoms with van der Waals surface area (Å²) in [4.78, 5) is 0. The minimum absolute atomic E-state index is 0.757. The Labute approximate surface area is 85.0 Å². The summed E-state index contributed by atoms with van der Waals surface area (Å²) >= 11 is 2.26. The number of ether oxygens (including phenoxy) is 2. The lowest BCUT2D eigenvalue weighted by atomic mass is 10.3. The third-order valence-corrected chi connectivity index (χ3v) is 2.57. The summed E-state index contributed by atoms with van der Waals surface area (Å²) in [6.45, 7) is 1.51. The Morgan fingerprint density at radius 3 is 2.92 bits per heavy atom. The SMILES string of the molecule is Ic1cccc2c1OCCCO2. The minimum Gasteiger partial charge on any atom is -0.490 e. The molecule has 12 heavy (non-hydrogen) atoms. The van der Waals surface area contributed by atoms with Crippen LogP contribution in [0.5, 0.6) is 11.5 Å². The summed E-state index contributed by atoms with van der Waals surface area (Å²) in [5.41, 5.74) is 0. The van der Waals surface area contributed by atoms with Gasteiger partial charge in [0, 0.05) is 6.42 Å². The number of fused-ring (bicyclic) bond motifs is 1. The largest absolute Gasteiger partial charge is 0.490 e. The fourth-order valence-electron chi connectivity index (χ4n) is 1.16. The predicted octanol–water partition coefficient (Wildman–Crippen LogP) is 2.45. The molecule has 0 amide bonds. The molecule has 0 unspecified atom stereocenters. The van der Waals surface area contributed by atoms with Crippen molar-refractivity contribution in [3.63, 3.8) is 0 Å². The molecule has 0 saturated heterocycles. The number of para-hydroxylation sites is 1. The van der Waals surface area contributed by atoms with E-state index in [1.165, 1.54) is 0 Å². The highest BCUT2D eigenvalue weighted by atomic mass is 127. The molecule has 3 heteroatoms. The second-order valence-corrected chi connectivity index (χ2v) is 3.78. The summed E-state index contributed by atoms with van der Waals surface area (Å²) < 4.78 is 12.2. The molecule has 0 aromatic heterocycles. The maximum atomic E-state index is 5.55. The molecule has 0 fully saturated rings. The molecule has 0 saturated carbocycles. The van der Waals surface area contributed by atoms with E-state index in [1.807, 2.05) is 18.2 Å². The molecule has 1 aromatic rings. The van der Waals surface area contributed by atoms with Gasteiger partial charge in [0.2, 0.25) is 0 Å². The van der Waals surface area contributed by atoms with Gasteiger partial charge in [0.1, 0.15) is 0 Å². The average molecular weight is 276 g/mol. The lowest BCUT2D eigenvalue weighted by Crippen LogP contribution is -1.97. The van der Waals surface area contributed by atoms with Crippen molar-refractivity contribution in [2.75, 3.05) is 13.2 Å². The van der Waals surface area contributed by atoms with Crippen molar-refractivity contribution in [1.29, 1.82) is 0 Å². The zero-order valence-electron chi connectivity index (χ0n) is 6.55. The minimum atomic E-state index is 0.757. The molecule has 1 aromatic carbocycles. The van der Waals surface area contributed by atoms with Crippen LogP contribution in [0.25, 0.3) is 0 Å². The Morgan fingerprint density at radius 1 is 1.17 bits per heavy atom. The van der Waals surface area contributed by atoms with Crippen LogP contribution in [0.3, 0.4) is 0 Å². The Bertz CT molecular complexity index is 286. The lowest BCUT2D eigenvalue weighted by molar-refractivity contribution is 0.296. The highest BCUT2D eigenvalue weighted by Gasteiger charge is 2.11. The summed E-state index contributed by atoms with van der Waals surface area (Å²) in [6.07, 6.45) is 0.963. The first kappa shape index (κ1) is 8.16. The molecule has 0 aliphatic carbocycles. The van der Waals surface area contributed by atoms with E-state index >= 15 is 0 Å². The monoisotopic (exact) mass is 276 g/mol. The van der Waals surface area contributed by atoms with Crippen molar-refractivity contribution in [3.05, 3.63) is 21.8 Å². The van der Waals surface area contributed by atoms with Gasteiger partial charge < -0.3 is 9.47 Å². The number of hydrogen-bond donors (Lipinski definition) is 0. The molecule has 1 heterocycles. The van der Waals surface area contributed by atoms with Crippen molar-refractivity contribution in [3.8, 4) is 11.5 Å². The third-order valence-electron chi connectivity index (χ3n) is 1.72. The normalized spacial score (nSPS) is 15.4. The van der Waals surface area contributed by atoms with E-state index in [2.05, 4.69) is 22.6 Å². The molecular weight excluding hydrogens is 267 g/mol. The van der Waals surface area contributed by atoms with Crippen LogP contribution in [0, 0.1) is 3.57 Å². The van der Waals surface area contributed by atoms with E-state index in [9.17, 15) is 0 Å². The van der Waals surface area contributed by atoms with E-state index in [0.29, 0.717) is 0 Å². The Balaban J connectivity index is 2.42. The Kier molecular flexibility index (Phi) is 2.39. The van der Waals surface area contributed by atoms with Crippen LogP contribution in [0.4, 0.5) is 0 Å². The lowest BCUT2D eigenvalue weighted by Gasteiger charge is -2.07. The fourth-order valence-corrected chi connectivity index (χ4v) is 1.79. The van der Waals surface area contributed by atoms with E-state index < -0.39 is 0 Å². The topological polar surface area (TPSA) is 18.5 Å². The van der Waals surface area contributed by atoms with Crippen molar-refractivity contribution in [2.24, 2.45) is 0 Å². The molecule has 1 aliphatic heterocycles. The number of rotatable bonds is 0. The summed E-state index contributed by atoms with van der Waals surface area (Å²) in [7, 11) is 0. The van der Waals surface area contributed by atoms with E-state index in [4.69, 9.17) is 9.47 Å².